The summed E-state index contributed by atoms with van der Waals surface area (Å²) in [4.78, 5) is 20.0. The Labute approximate surface area is 136 Å². The molecule has 2 heterocycles. The van der Waals surface area contributed by atoms with Gasteiger partial charge in [0.05, 0.1) is 24.1 Å². The van der Waals surface area contributed by atoms with Crippen LogP contribution in [0.3, 0.4) is 0 Å². The van der Waals surface area contributed by atoms with Crippen molar-refractivity contribution in [2.24, 2.45) is 0 Å². The molecular weight excluding hydrogens is 315 g/mol. The van der Waals surface area contributed by atoms with E-state index in [0.29, 0.717) is 5.13 Å². The van der Waals surface area contributed by atoms with Crippen molar-refractivity contribution >= 4 is 28.1 Å². The highest BCUT2D eigenvalue weighted by Crippen LogP contribution is 2.18. The smallest absolute Gasteiger partial charge is 0.245 e. The van der Waals surface area contributed by atoms with Gasteiger partial charge < -0.3 is 10.6 Å². The minimum absolute atomic E-state index is 0.122. The highest BCUT2D eigenvalue weighted by Gasteiger charge is 2.05. The molecule has 0 bridgehead atoms. The molecule has 3 aromatic rings. The largest absolute Gasteiger partial charge is 0.375 e. The molecule has 23 heavy (non-hydrogen) atoms. The molecule has 0 saturated heterocycles. The Morgan fingerprint density at radius 2 is 1.96 bits per heavy atom. The van der Waals surface area contributed by atoms with Crippen LogP contribution < -0.4 is 10.6 Å². The monoisotopic (exact) mass is 328 g/mol. The van der Waals surface area contributed by atoms with Crippen LogP contribution in [0.15, 0.2) is 54.2 Å². The zero-order chi connectivity index (χ0) is 16.1. The number of carbonyl (C=O) groups is 1. The van der Waals surface area contributed by atoms with Crippen molar-refractivity contribution in [1.82, 2.24) is 9.97 Å². The number of aromatic nitrogens is 2. The first-order valence-corrected chi connectivity index (χ1v) is 7.74. The van der Waals surface area contributed by atoms with Crippen molar-refractivity contribution in [2.75, 3.05) is 17.2 Å². The normalized spacial score (nSPS) is 10.3. The third-order valence-electron chi connectivity index (χ3n) is 3.04. The summed E-state index contributed by atoms with van der Waals surface area (Å²) in [6.07, 6.45) is 3.27. The molecule has 5 nitrogen and oxygen atoms in total. The van der Waals surface area contributed by atoms with E-state index in [4.69, 9.17) is 0 Å². The number of carbonyl (C=O) groups excluding carboxylic acids is 1. The number of thiazole rings is 1. The third kappa shape index (κ3) is 4.10. The number of pyridine rings is 1. The van der Waals surface area contributed by atoms with Crippen LogP contribution in [0.25, 0.3) is 11.3 Å². The molecule has 0 spiro atoms. The van der Waals surface area contributed by atoms with E-state index < -0.39 is 0 Å². The fraction of sp³-hybridized carbons (Fsp3) is 0.0625. The number of hydrogen-bond donors (Lipinski definition) is 2. The third-order valence-corrected chi connectivity index (χ3v) is 3.72. The Hall–Kier alpha value is -2.80. The molecule has 3 rings (SSSR count). The van der Waals surface area contributed by atoms with Crippen LogP contribution in [0, 0.1) is 5.82 Å². The maximum absolute atomic E-state index is 12.9. The predicted octanol–water partition coefficient (Wildman–Crippen LogP) is 3.39. The van der Waals surface area contributed by atoms with Gasteiger partial charge in [0.2, 0.25) is 5.91 Å². The van der Waals surface area contributed by atoms with E-state index in [9.17, 15) is 9.18 Å². The molecule has 2 aromatic heterocycles. The lowest BCUT2D eigenvalue weighted by Gasteiger charge is -2.07. The molecule has 1 amide bonds. The first-order valence-electron chi connectivity index (χ1n) is 6.86. The second-order valence-electron chi connectivity index (χ2n) is 4.68. The van der Waals surface area contributed by atoms with Crippen LogP contribution >= 0.6 is 11.3 Å². The van der Waals surface area contributed by atoms with Gasteiger partial charge >= 0.3 is 0 Å². The van der Waals surface area contributed by atoms with E-state index in [1.165, 1.54) is 23.5 Å². The summed E-state index contributed by atoms with van der Waals surface area (Å²) in [5.41, 5.74) is 2.30. The molecule has 1 aromatic carbocycles. The lowest BCUT2D eigenvalue weighted by Crippen LogP contribution is -2.21. The highest BCUT2D eigenvalue weighted by molar-refractivity contribution is 7.13. The first kappa shape index (κ1) is 15.1. The van der Waals surface area contributed by atoms with E-state index in [1.807, 2.05) is 12.1 Å². The van der Waals surface area contributed by atoms with Crippen molar-refractivity contribution < 1.29 is 9.18 Å². The standard InChI is InChI=1S/C16H13FN4OS/c17-12-3-1-11(2-4-12)14-6-5-13(9-20-14)19-10-15(22)21-16-18-7-8-23-16/h1-9,19H,10H2,(H,18,21,22). The Morgan fingerprint density at radius 3 is 2.61 bits per heavy atom. The van der Waals surface area contributed by atoms with Gasteiger partial charge in [-0.05, 0) is 36.4 Å². The molecule has 116 valence electrons. The van der Waals surface area contributed by atoms with E-state index >= 15 is 0 Å². The van der Waals surface area contributed by atoms with Gasteiger partial charge in [-0.25, -0.2) is 9.37 Å². The van der Waals surface area contributed by atoms with Crippen molar-refractivity contribution in [3.8, 4) is 11.3 Å². The van der Waals surface area contributed by atoms with Crippen LogP contribution in [-0.2, 0) is 4.79 Å². The van der Waals surface area contributed by atoms with Crippen LogP contribution in [0.5, 0.6) is 0 Å². The predicted molar refractivity (Wildman–Crippen MR) is 88.9 cm³/mol. The Bertz CT molecular complexity index is 773. The van der Waals surface area contributed by atoms with Crippen molar-refractivity contribution in [2.45, 2.75) is 0 Å². The maximum Gasteiger partial charge on any atom is 0.245 e. The number of anilines is 2. The quantitative estimate of drug-likeness (QED) is 0.753. The van der Waals surface area contributed by atoms with Gasteiger partial charge in [-0.3, -0.25) is 9.78 Å². The van der Waals surface area contributed by atoms with Crippen LogP contribution in [0.2, 0.25) is 0 Å². The van der Waals surface area contributed by atoms with Crippen molar-refractivity contribution in [3.63, 3.8) is 0 Å². The van der Waals surface area contributed by atoms with Gasteiger partial charge in [-0.1, -0.05) is 0 Å². The van der Waals surface area contributed by atoms with Gasteiger partial charge in [-0.2, -0.15) is 0 Å². The summed E-state index contributed by atoms with van der Waals surface area (Å²) >= 11 is 1.36. The summed E-state index contributed by atoms with van der Waals surface area (Å²) in [5.74, 6) is -0.458. The fourth-order valence-electron chi connectivity index (χ4n) is 1.92. The average molecular weight is 328 g/mol. The molecule has 0 unspecified atom stereocenters. The Balaban J connectivity index is 1.57. The maximum atomic E-state index is 12.9. The molecule has 0 aliphatic carbocycles. The van der Waals surface area contributed by atoms with Gasteiger partial charge in [-0.15, -0.1) is 11.3 Å². The topological polar surface area (TPSA) is 66.9 Å². The molecular formula is C16H13FN4OS. The lowest BCUT2D eigenvalue weighted by molar-refractivity contribution is -0.114. The number of amides is 1. The van der Waals surface area contributed by atoms with E-state index in [-0.39, 0.29) is 18.3 Å². The number of nitrogens with zero attached hydrogens (tertiary/aromatic N) is 2. The first-order chi connectivity index (χ1) is 11.2. The lowest BCUT2D eigenvalue weighted by atomic mass is 10.1. The molecule has 2 N–H and O–H groups in total. The van der Waals surface area contributed by atoms with Crippen molar-refractivity contribution in [3.05, 3.63) is 60.0 Å². The average Bonchev–Trinajstić information content (AvgIpc) is 3.07. The molecule has 0 aliphatic heterocycles. The minimum atomic E-state index is -0.279. The van der Waals surface area contributed by atoms with Crippen LogP contribution in [0.4, 0.5) is 15.2 Å². The van der Waals surface area contributed by atoms with E-state index in [1.54, 1.807) is 29.9 Å². The molecule has 7 heteroatoms. The molecule has 0 saturated carbocycles. The minimum Gasteiger partial charge on any atom is -0.375 e. The SMILES string of the molecule is O=C(CNc1ccc(-c2ccc(F)cc2)nc1)Nc1nccs1. The summed E-state index contributed by atoms with van der Waals surface area (Å²) in [5, 5.41) is 8.04. The summed E-state index contributed by atoms with van der Waals surface area (Å²) in [6, 6.07) is 9.77. The molecule has 0 radical (unpaired) electrons. The number of halogens is 1. The van der Waals surface area contributed by atoms with Gasteiger partial charge in [0.1, 0.15) is 5.82 Å². The summed E-state index contributed by atoms with van der Waals surface area (Å²) < 4.78 is 12.9. The Morgan fingerprint density at radius 1 is 1.13 bits per heavy atom. The van der Waals surface area contributed by atoms with E-state index in [0.717, 1.165) is 16.9 Å². The van der Waals surface area contributed by atoms with Gasteiger partial charge in [0.25, 0.3) is 0 Å². The fourth-order valence-corrected chi connectivity index (χ4v) is 2.47. The van der Waals surface area contributed by atoms with Crippen LogP contribution in [0.1, 0.15) is 0 Å². The Kier molecular flexibility index (Phi) is 4.58. The van der Waals surface area contributed by atoms with Gasteiger partial charge in [0, 0.05) is 17.1 Å². The number of nitrogens with one attached hydrogen (secondary N) is 2. The highest BCUT2D eigenvalue weighted by atomic mass is 32.1. The zero-order valence-electron chi connectivity index (χ0n) is 12.0. The van der Waals surface area contributed by atoms with Crippen LogP contribution in [-0.4, -0.2) is 22.4 Å². The molecule has 0 aliphatic rings. The zero-order valence-corrected chi connectivity index (χ0v) is 12.8. The second-order valence-corrected chi connectivity index (χ2v) is 5.57. The van der Waals surface area contributed by atoms with E-state index in [2.05, 4.69) is 20.6 Å². The molecule has 0 atom stereocenters. The van der Waals surface area contributed by atoms with Gasteiger partial charge in [0.15, 0.2) is 5.13 Å². The van der Waals surface area contributed by atoms with Crippen molar-refractivity contribution in [1.29, 1.82) is 0 Å². The number of rotatable bonds is 5. The summed E-state index contributed by atoms with van der Waals surface area (Å²) in [6.45, 7) is 0.122. The molecule has 0 fully saturated rings. The second kappa shape index (κ2) is 6.97. The summed E-state index contributed by atoms with van der Waals surface area (Å²) in [7, 11) is 0. The number of benzene rings is 1. The number of hydrogen-bond acceptors (Lipinski definition) is 5.